The number of nitrogens with one attached hydrogen (secondary N) is 1. The molecule has 90 valence electrons. The fourth-order valence-corrected chi connectivity index (χ4v) is 2.67. The van der Waals surface area contributed by atoms with E-state index in [1.807, 2.05) is 0 Å². The molecule has 2 heterocycles. The Morgan fingerprint density at radius 3 is 3.06 bits per heavy atom. The van der Waals surface area contributed by atoms with Gasteiger partial charge in [-0.15, -0.1) is 5.10 Å². The van der Waals surface area contributed by atoms with E-state index in [4.69, 9.17) is 5.84 Å². The molecule has 1 aliphatic heterocycles. The van der Waals surface area contributed by atoms with Crippen LogP contribution >= 0.6 is 11.5 Å². The standard InChI is InChI=1S/C10H19N5S/c1-7(2)8-3-4-15(5-8)6-9-10(12-11)16-14-13-9/h7-8,12H,3-6,11H2,1-2H3. The molecule has 1 aromatic rings. The van der Waals surface area contributed by atoms with Gasteiger partial charge in [-0.2, -0.15) is 0 Å². The van der Waals surface area contributed by atoms with Crippen LogP contribution in [0.4, 0.5) is 5.00 Å². The maximum Gasteiger partial charge on any atom is 0.148 e. The molecule has 6 heteroatoms. The minimum absolute atomic E-state index is 0.769. The molecule has 0 bridgehead atoms. The molecule has 0 aliphatic carbocycles. The summed E-state index contributed by atoms with van der Waals surface area (Å²) in [5, 5.41) is 4.99. The first kappa shape index (κ1) is 11.8. The van der Waals surface area contributed by atoms with Gasteiger partial charge in [0.15, 0.2) is 0 Å². The lowest BCUT2D eigenvalue weighted by Gasteiger charge is -2.16. The third kappa shape index (κ3) is 2.50. The Morgan fingerprint density at radius 1 is 1.62 bits per heavy atom. The zero-order valence-corrected chi connectivity index (χ0v) is 10.6. The molecule has 0 saturated carbocycles. The Hall–Kier alpha value is -0.720. The number of hydrogen-bond donors (Lipinski definition) is 2. The molecule has 1 unspecified atom stereocenters. The largest absolute Gasteiger partial charge is 0.313 e. The number of aromatic nitrogens is 2. The van der Waals surface area contributed by atoms with Gasteiger partial charge in [0.1, 0.15) is 10.7 Å². The summed E-state index contributed by atoms with van der Waals surface area (Å²) in [6.07, 6.45) is 1.29. The summed E-state index contributed by atoms with van der Waals surface area (Å²) >= 11 is 1.32. The Labute approximate surface area is 100 Å². The Bertz CT molecular complexity index is 338. The van der Waals surface area contributed by atoms with Crippen molar-refractivity contribution >= 4 is 16.5 Å². The van der Waals surface area contributed by atoms with Crippen molar-refractivity contribution in [3.63, 3.8) is 0 Å². The number of nitrogens with zero attached hydrogens (tertiary/aromatic N) is 3. The summed E-state index contributed by atoms with van der Waals surface area (Å²) in [4.78, 5) is 2.43. The second kappa shape index (κ2) is 5.07. The molecule has 16 heavy (non-hydrogen) atoms. The quantitative estimate of drug-likeness (QED) is 0.614. The summed E-state index contributed by atoms with van der Waals surface area (Å²) in [7, 11) is 0. The first-order chi connectivity index (χ1) is 7.70. The van der Waals surface area contributed by atoms with Gasteiger partial charge in [-0.25, -0.2) is 5.84 Å². The Morgan fingerprint density at radius 2 is 2.44 bits per heavy atom. The number of anilines is 1. The van der Waals surface area contributed by atoms with Crippen LogP contribution in [0.1, 0.15) is 26.0 Å². The zero-order valence-electron chi connectivity index (χ0n) is 9.81. The van der Waals surface area contributed by atoms with Gasteiger partial charge in [-0.05, 0) is 24.8 Å². The molecular formula is C10H19N5S. The Kier molecular flexibility index (Phi) is 3.73. The molecule has 1 saturated heterocycles. The molecule has 0 aromatic carbocycles. The molecule has 1 aromatic heterocycles. The molecule has 0 radical (unpaired) electrons. The van der Waals surface area contributed by atoms with E-state index in [1.54, 1.807) is 0 Å². The van der Waals surface area contributed by atoms with E-state index in [-0.39, 0.29) is 0 Å². The number of nitrogen functional groups attached to an aromatic ring is 1. The van der Waals surface area contributed by atoms with E-state index < -0.39 is 0 Å². The van der Waals surface area contributed by atoms with Crippen molar-refractivity contribution in [1.29, 1.82) is 0 Å². The highest BCUT2D eigenvalue weighted by Gasteiger charge is 2.25. The topological polar surface area (TPSA) is 67.1 Å². The lowest BCUT2D eigenvalue weighted by Crippen LogP contribution is -2.22. The molecular weight excluding hydrogens is 222 g/mol. The fraction of sp³-hybridized carbons (Fsp3) is 0.800. The van der Waals surface area contributed by atoms with Crippen molar-refractivity contribution in [1.82, 2.24) is 14.5 Å². The number of hydrogen-bond acceptors (Lipinski definition) is 6. The van der Waals surface area contributed by atoms with Crippen molar-refractivity contribution in [3.8, 4) is 0 Å². The minimum Gasteiger partial charge on any atom is -0.313 e. The third-order valence-electron chi connectivity index (χ3n) is 3.31. The maximum atomic E-state index is 5.41. The second-order valence-electron chi connectivity index (χ2n) is 4.72. The zero-order chi connectivity index (χ0) is 11.5. The second-order valence-corrected chi connectivity index (χ2v) is 5.48. The van der Waals surface area contributed by atoms with Crippen molar-refractivity contribution in [2.75, 3.05) is 18.5 Å². The van der Waals surface area contributed by atoms with Gasteiger partial charge in [-0.3, -0.25) is 4.90 Å². The number of hydrazine groups is 1. The van der Waals surface area contributed by atoms with E-state index in [0.717, 1.165) is 35.6 Å². The van der Waals surface area contributed by atoms with Crippen LogP contribution in [0.25, 0.3) is 0 Å². The van der Waals surface area contributed by atoms with E-state index in [9.17, 15) is 0 Å². The van der Waals surface area contributed by atoms with Crippen LogP contribution in [0, 0.1) is 11.8 Å². The van der Waals surface area contributed by atoms with Crippen LogP contribution in [0.15, 0.2) is 0 Å². The highest BCUT2D eigenvalue weighted by Crippen LogP contribution is 2.26. The molecule has 0 spiro atoms. The fourth-order valence-electron chi connectivity index (χ4n) is 2.18. The van der Waals surface area contributed by atoms with Crippen LogP contribution in [0.2, 0.25) is 0 Å². The van der Waals surface area contributed by atoms with Crippen molar-refractivity contribution in [2.24, 2.45) is 17.7 Å². The highest BCUT2D eigenvalue weighted by molar-refractivity contribution is 7.10. The number of nitrogens with two attached hydrogens (primary N) is 1. The van der Waals surface area contributed by atoms with Crippen LogP contribution in [-0.2, 0) is 6.54 Å². The van der Waals surface area contributed by atoms with Crippen molar-refractivity contribution < 1.29 is 0 Å². The number of rotatable bonds is 4. The molecule has 3 N–H and O–H groups in total. The SMILES string of the molecule is CC(C)C1CCN(Cc2nnsc2NN)C1. The normalized spacial score (nSPS) is 21.9. The summed E-state index contributed by atoms with van der Waals surface area (Å²) in [6.45, 7) is 7.78. The molecule has 5 nitrogen and oxygen atoms in total. The predicted octanol–water partition coefficient (Wildman–Crippen LogP) is 1.30. The summed E-state index contributed by atoms with van der Waals surface area (Å²) in [5.41, 5.74) is 3.62. The lowest BCUT2D eigenvalue weighted by atomic mass is 9.95. The highest BCUT2D eigenvalue weighted by atomic mass is 32.1. The first-order valence-corrected chi connectivity index (χ1v) is 6.48. The Balaban J connectivity index is 1.92. The van der Waals surface area contributed by atoms with Gasteiger partial charge in [0, 0.05) is 24.6 Å². The number of likely N-dealkylation sites (tertiary alicyclic amines) is 1. The van der Waals surface area contributed by atoms with Gasteiger partial charge in [0.2, 0.25) is 0 Å². The summed E-state index contributed by atoms with van der Waals surface area (Å²) < 4.78 is 3.91. The van der Waals surface area contributed by atoms with Gasteiger partial charge in [0.25, 0.3) is 0 Å². The monoisotopic (exact) mass is 241 g/mol. The van der Waals surface area contributed by atoms with Crippen LogP contribution < -0.4 is 11.3 Å². The van der Waals surface area contributed by atoms with E-state index in [1.165, 1.54) is 24.5 Å². The molecule has 1 aliphatic rings. The van der Waals surface area contributed by atoms with Crippen LogP contribution in [0.5, 0.6) is 0 Å². The predicted molar refractivity (Wildman–Crippen MR) is 65.9 cm³/mol. The lowest BCUT2D eigenvalue weighted by molar-refractivity contribution is 0.294. The van der Waals surface area contributed by atoms with Crippen LogP contribution in [0.3, 0.4) is 0 Å². The van der Waals surface area contributed by atoms with E-state index >= 15 is 0 Å². The maximum absolute atomic E-state index is 5.41. The average Bonchev–Trinajstić information content (AvgIpc) is 2.87. The van der Waals surface area contributed by atoms with Gasteiger partial charge >= 0.3 is 0 Å². The van der Waals surface area contributed by atoms with Crippen molar-refractivity contribution in [2.45, 2.75) is 26.8 Å². The van der Waals surface area contributed by atoms with Crippen molar-refractivity contribution in [3.05, 3.63) is 5.69 Å². The van der Waals surface area contributed by atoms with Gasteiger partial charge in [-0.1, -0.05) is 18.3 Å². The smallest absolute Gasteiger partial charge is 0.148 e. The van der Waals surface area contributed by atoms with E-state index in [2.05, 4.69) is 33.8 Å². The van der Waals surface area contributed by atoms with Gasteiger partial charge in [0.05, 0.1) is 0 Å². The van der Waals surface area contributed by atoms with Gasteiger partial charge < -0.3 is 5.43 Å². The average molecular weight is 241 g/mol. The third-order valence-corrected chi connectivity index (χ3v) is 4.01. The van der Waals surface area contributed by atoms with Crippen LogP contribution in [-0.4, -0.2) is 27.6 Å². The summed E-state index contributed by atoms with van der Waals surface area (Å²) in [6, 6.07) is 0. The van der Waals surface area contributed by atoms with E-state index in [0.29, 0.717) is 0 Å². The molecule has 1 fully saturated rings. The molecule has 2 rings (SSSR count). The molecule has 0 amide bonds. The summed E-state index contributed by atoms with van der Waals surface area (Å²) in [5.74, 6) is 7.00. The minimum atomic E-state index is 0.769. The first-order valence-electron chi connectivity index (χ1n) is 5.71. The molecule has 1 atom stereocenters.